The molecule has 0 radical (unpaired) electrons. The normalized spacial score (nSPS) is 17.7. The lowest BCUT2D eigenvalue weighted by Gasteiger charge is -2.34. The second-order valence-electron chi connectivity index (χ2n) is 7.34. The van der Waals surface area contributed by atoms with Gasteiger partial charge < -0.3 is 19.7 Å². The number of piperidine rings is 1. The standard InChI is InChI=1S/C19H28N2O4/c1-19(2,3)25-18(23)21-11-7-8-15(13-21)12-20-17(22)14-24-16-9-5-4-6-10-16/h4-6,9-10,15H,7-8,11-14H2,1-3H3,(H,20,22)/t15-/m0/s1. The van der Waals surface area contributed by atoms with Gasteiger partial charge >= 0.3 is 6.09 Å². The molecule has 6 heteroatoms. The van der Waals surface area contributed by atoms with E-state index in [0.29, 0.717) is 25.4 Å². The van der Waals surface area contributed by atoms with E-state index in [4.69, 9.17) is 9.47 Å². The van der Waals surface area contributed by atoms with Crippen molar-refractivity contribution in [3.05, 3.63) is 30.3 Å². The van der Waals surface area contributed by atoms with Gasteiger partial charge in [-0.3, -0.25) is 4.79 Å². The monoisotopic (exact) mass is 348 g/mol. The Morgan fingerprint density at radius 1 is 1.24 bits per heavy atom. The first-order chi connectivity index (χ1) is 11.8. The summed E-state index contributed by atoms with van der Waals surface area (Å²) in [4.78, 5) is 25.8. The number of likely N-dealkylation sites (tertiary alicyclic amines) is 1. The van der Waals surface area contributed by atoms with E-state index >= 15 is 0 Å². The number of benzene rings is 1. The summed E-state index contributed by atoms with van der Waals surface area (Å²) >= 11 is 0. The maximum Gasteiger partial charge on any atom is 0.410 e. The van der Waals surface area contributed by atoms with Crippen LogP contribution in [-0.4, -0.2) is 48.7 Å². The lowest BCUT2D eigenvalue weighted by atomic mass is 9.98. The van der Waals surface area contributed by atoms with E-state index in [0.717, 1.165) is 12.8 Å². The summed E-state index contributed by atoms with van der Waals surface area (Å²) in [6, 6.07) is 9.24. The van der Waals surface area contributed by atoms with Gasteiger partial charge in [0.25, 0.3) is 5.91 Å². The molecule has 1 aliphatic rings. The van der Waals surface area contributed by atoms with Crippen molar-refractivity contribution in [3.8, 4) is 5.75 Å². The molecule has 0 bridgehead atoms. The Hall–Kier alpha value is -2.24. The van der Waals surface area contributed by atoms with Gasteiger partial charge in [0.05, 0.1) is 0 Å². The van der Waals surface area contributed by atoms with E-state index in [-0.39, 0.29) is 24.5 Å². The van der Waals surface area contributed by atoms with Crippen LogP contribution in [0.2, 0.25) is 0 Å². The van der Waals surface area contributed by atoms with Gasteiger partial charge in [-0.1, -0.05) is 18.2 Å². The molecule has 1 aromatic carbocycles. The zero-order chi connectivity index (χ0) is 18.3. The molecule has 1 N–H and O–H groups in total. The first-order valence-corrected chi connectivity index (χ1v) is 8.76. The minimum atomic E-state index is -0.493. The number of carbonyl (C=O) groups excluding carboxylic acids is 2. The van der Waals surface area contributed by atoms with Crippen molar-refractivity contribution in [1.29, 1.82) is 0 Å². The van der Waals surface area contributed by atoms with Crippen LogP contribution in [0, 0.1) is 5.92 Å². The molecule has 1 fully saturated rings. The molecule has 0 saturated carbocycles. The Morgan fingerprint density at radius 2 is 1.96 bits per heavy atom. The molecule has 1 atom stereocenters. The summed E-state index contributed by atoms with van der Waals surface area (Å²) in [7, 11) is 0. The van der Waals surface area contributed by atoms with Crippen molar-refractivity contribution < 1.29 is 19.1 Å². The topological polar surface area (TPSA) is 67.9 Å². The third-order valence-electron chi connectivity index (χ3n) is 3.87. The Labute approximate surface area is 149 Å². The molecule has 6 nitrogen and oxygen atoms in total. The van der Waals surface area contributed by atoms with Crippen LogP contribution in [0.15, 0.2) is 30.3 Å². The highest BCUT2D eigenvalue weighted by Gasteiger charge is 2.27. The number of para-hydroxylation sites is 1. The maximum atomic E-state index is 12.2. The number of hydrogen-bond donors (Lipinski definition) is 1. The fourth-order valence-electron chi connectivity index (χ4n) is 2.70. The SMILES string of the molecule is CC(C)(C)OC(=O)N1CCC[C@@H](CNC(=O)COc2ccccc2)C1. The molecule has 0 spiro atoms. The van der Waals surface area contributed by atoms with Crippen LogP contribution in [0.25, 0.3) is 0 Å². The predicted molar refractivity (Wildman–Crippen MR) is 95.5 cm³/mol. The zero-order valence-electron chi connectivity index (χ0n) is 15.3. The minimum absolute atomic E-state index is 0.00743. The molecule has 138 valence electrons. The third kappa shape index (κ3) is 7.03. The molecule has 2 rings (SSSR count). The molecular weight excluding hydrogens is 320 g/mol. The van der Waals surface area contributed by atoms with Gasteiger partial charge in [0.2, 0.25) is 0 Å². The van der Waals surface area contributed by atoms with E-state index < -0.39 is 5.60 Å². The zero-order valence-corrected chi connectivity index (χ0v) is 15.3. The summed E-state index contributed by atoms with van der Waals surface area (Å²) in [6.45, 7) is 7.42. The lowest BCUT2D eigenvalue weighted by molar-refractivity contribution is -0.123. The number of nitrogens with one attached hydrogen (secondary N) is 1. The molecule has 2 amide bonds. The second kappa shape index (κ2) is 8.74. The van der Waals surface area contributed by atoms with Crippen LogP contribution >= 0.6 is 0 Å². The van der Waals surface area contributed by atoms with E-state index in [2.05, 4.69) is 5.32 Å². The molecular formula is C19H28N2O4. The van der Waals surface area contributed by atoms with Crippen molar-refractivity contribution in [2.75, 3.05) is 26.2 Å². The maximum absolute atomic E-state index is 12.2. The van der Waals surface area contributed by atoms with Crippen LogP contribution in [0.3, 0.4) is 0 Å². The van der Waals surface area contributed by atoms with Crippen molar-refractivity contribution in [3.63, 3.8) is 0 Å². The number of carbonyl (C=O) groups is 2. The number of rotatable bonds is 5. The summed E-state index contributed by atoms with van der Waals surface area (Å²) in [5, 5.41) is 2.89. The van der Waals surface area contributed by atoms with Gasteiger partial charge in [0.15, 0.2) is 6.61 Å². The average Bonchev–Trinajstić information content (AvgIpc) is 2.58. The van der Waals surface area contributed by atoms with E-state index in [1.165, 1.54) is 0 Å². The van der Waals surface area contributed by atoms with Crippen LogP contribution in [-0.2, 0) is 9.53 Å². The van der Waals surface area contributed by atoms with Crippen LogP contribution in [0.4, 0.5) is 4.79 Å². The fourth-order valence-corrected chi connectivity index (χ4v) is 2.70. The van der Waals surface area contributed by atoms with Gasteiger partial charge in [-0.2, -0.15) is 0 Å². The predicted octanol–water partition coefficient (Wildman–Crippen LogP) is 2.83. The van der Waals surface area contributed by atoms with Crippen LogP contribution < -0.4 is 10.1 Å². The number of ether oxygens (including phenoxy) is 2. The molecule has 1 aromatic rings. The highest BCUT2D eigenvalue weighted by atomic mass is 16.6. The molecule has 0 unspecified atom stereocenters. The first kappa shape index (κ1) is 19.1. The molecule has 1 saturated heterocycles. The molecule has 25 heavy (non-hydrogen) atoms. The lowest BCUT2D eigenvalue weighted by Crippen LogP contribution is -2.46. The smallest absolute Gasteiger partial charge is 0.410 e. The largest absolute Gasteiger partial charge is 0.484 e. The number of nitrogens with zero attached hydrogens (tertiary/aromatic N) is 1. The van der Waals surface area contributed by atoms with E-state index in [9.17, 15) is 9.59 Å². The van der Waals surface area contributed by atoms with Crippen LogP contribution in [0.5, 0.6) is 5.75 Å². The van der Waals surface area contributed by atoms with Crippen molar-refractivity contribution in [1.82, 2.24) is 10.2 Å². The van der Waals surface area contributed by atoms with E-state index in [1.54, 1.807) is 4.90 Å². The highest BCUT2D eigenvalue weighted by Crippen LogP contribution is 2.19. The Bertz CT molecular complexity index is 569. The number of amides is 2. The van der Waals surface area contributed by atoms with Gasteiger partial charge in [-0.25, -0.2) is 4.79 Å². The minimum Gasteiger partial charge on any atom is -0.484 e. The van der Waals surface area contributed by atoms with Gasteiger partial charge in [-0.15, -0.1) is 0 Å². The fraction of sp³-hybridized carbons (Fsp3) is 0.579. The van der Waals surface area contributed by atoms with E-state index in [1.807, 2.05) is 51.1 Å². The molecule has 0 aliphatic carbocycles. The quantitative estimate of drug-likeness (QED) is 0.888. The Morgan fingerprint density at radius 3 is 2.64 bits per heavy atom. The first-order valence-electron chi connectivity index (χ1n) is 8.76. The van der Waals surface area contributed by atoms with Crippen molar-refractivity contribution in [2.45, 2.75) is 39.2 Å². The van der Waals surface area contributed by atoms with Crippen LogP contribution in [0.1, 0.15) is 33.6 Å². The second-order valence-corrected chi connectivity index (χ2v) is 7.34. The van der Waals surface area contributed by atoms with Gasteiger partial charge in [0.1, 0.15) is 11.4 Å². The van der Waals surface area contributed by atoms with Crippen molar-refractivity contribution in [2.24, 2.45) is 5.92 Å². The average molecular weight is 348 g/mol. The number of hydrogen-bond acceptors (Lipinski definition) is 4. The summed E-state index contributed by atoms with van der Waals surface area (Å²) in [5.74, 6) is 0.756. The highest BCUT2D eigenvalue weighted by molar-refractivity contribution is 5.77. The van der Waals surface area contributed by atoms with Gasteiger partial charge in [-0.05, 0) is 51.7 Å². The molecule has 1 aliphatic heterocycles. The Balaban J connectivity index is 1.71. The molecule has 1 heterocycles. The van der Waals surface area contributed by atoms with Crippen molar-refractivity contribution >= 4 is 12.0 Å². The molecule has 0 aromatic heterocycles. The third-order valence-corrected chi connectivity index (χ3v) is 3.87. The summed E-state index contributed by atoms with van der Waals surface area (Å²) < 4.78 is 10.8. The summed E-state index contributed by atoms with van der Waals surface area (Å²) in [5.41, 5.74) is -0.493. The Kier molecular flexibility index (Phi) is 6.67. The van der Waals surface area contributed by atoms with Gasteiger partial charge in [0, 0.05) is 19.6 Å². The summed E-state index contributed by atoms with van der Waals surface area (Å²) in [6.07, 6.45) is 1.62.